The number of carbonyl (C=O) groups is 3. The van der Waals surface area contributed by atoms with E-state index in [1.54, 1.807) is 36.4 Å². The van der Waals surface area contributed by atoms with E-state index in [1.807, 2.05) is 6.92 Å². The molecule has 10 heteroatoms. The van der Waals surface area contributed by atoms with Crippen LogP contribution in [0, 0.1) is 0 Å². The molecule has 0 unspecified atom stereocenters. The zero-order valence-electron chi connectivity index (χ0n) is 16.2. The van der Waals surface area contributed by atoms with Crippen molar-refractivity contribution in [2.75, 3.05) is 13.2 Å². The third-order valence-electron chi connectivity index (χ3n) is 4.15. The molecule has 0 saturated carbocycles. The van der Waals surface area contributed by atoms with Gasteiger partial charge in [0.05, 0.1) is 16.2 Å². The Morgan fingerprint density at radius 3 is 2.52 bits per heavy atom. The number of amides is 1. The van der Waals surface area contributed by atoms with E-state index >= 15 is 0 Å². The molecule has 1 heterocycles. The number of carbonyl (C=O) groups excluding carboxylic acids is 1. The van der Waals surface area contributed by atoms with Gasteiger partial charge in [-0.3, -0.25) is 9.69 Å². The largest absolute Gasteiger partial charge is 0.481 e. The summed E-state index contributed by atoms with van der Waals surface area (Å²) in [6, 6.07) is 11.1. The third kappa shape index (κ3) is 5.53. The minimum absolute atomic E-state index is 0.149. The fraction of sp³-hybridized carbons (Fsp3) is 0.143. The number of ether oxygens (including phenoxy) is 1. The SMILES string of the molecule is CCN1C(=O)C(=Cc2cc(Br)ccc2OCC(=O)O)SC1=Nc1ccc(C(=O)O)cc1. The molecule has 0 bridgehead atoms. The number of nitrogens with zero attached hydrogens (tertiary/aromatic N) is 2. The van der Waals surface area contributed by atoms with E-state index in [4.69, 9.17) is 14.9 Å². The van der Waals surface area contributed by atoms with Crippen LogP contribution in [-0.4, -0.2) is 51.3 Å². The van der Waals surface area contributed by atoms with Crippen molar-refractivity contribution in [3.05, 3.63) is 63.0 Å². The topological polar surface area (TPSA) is 117 Å². The van der Waals surface area contributed by atoms with Crippen molar-refractivity contribution in [3.63, 3.8) is 0 Å². The molecule has 3 rings (SSSR count). The molecule has 160 valence electrons. The lowest BCUT2D eigenvalue weighted by atomic mass is 10.2. The molecule has 0 aromatic heterocycles. The Balaban J connectivity index is 1.92. The fourth-order valence-electron chi connectivity index (χ4n) is 2.70. The molecule has 2 aromatic rings. The van der Waals surface area contributed by atoms with Gasteiger partial charge >= 0.3 is 11.9 Å². The van der Waals surface area contributed by atoms with E-state index in [1.165, 1.54) is 28.8 Å². The Kier molecular flexibility index (Phi) is 7.13. The van der Waals surface area contributed by atoms with Crippen LogP contribution in [0.2, 0.25) is 0 Å². The molecule has 1 saturated heterocycles. The number of hydrogen-bond donors (Lipinski definition) is 2. The van der Waals surface area contributed by atoms with Crippen molar-refractivity contribution in [1.29, 1.82) is 0 Å². The summed E-state index contributed by atoms with van der Waals surface area (Å²) in [5.74, 6) is -2.03. The van der Waals surface area contributed by atoms with Crippen LogP contribution in [0.3, 0.4) is 0 Å². The first-order chi connectivity index (χ1) is 14.8. The van der Waals surface area contributed by atoms with Crippen LogP contribution in [0.15, 0.2) is 56.8 Å². The lowest BCUT2D eigenvalue weighted by Crippen LogP contribution is -2.28. The molecule has 2 N–H and O–H groups in total. The number of halogens is 1. The molecule has 0 aliphatic carbocycles. The van der Waals surface area contributed by atoms with Crippen molar-refractivity contribution < 1.29 is 29.3 Å². The van der Waals surface area contributed by atoms with Crippen molar-refractivity contribution in [3.8, 4) is 5.75 Å². The Morgan fingerprint density at radius 2 is 1.90 bits per heavy atom. The summed E-state index contributed by atoms with van der Waals surface area (Å²) < 4.78 is 6.08. The molecule has 0 spiro atoms. The summed E-state index contributed by atoms with van der Waals surface area (Å²) in [6.45, 7) is 1.72. The number of aromatic carboxylic acids is 1. The van der Waals surface area contributed by atoms with Gasteiger partial charge in [-0.25, -0.2) is 14.6 Å². The lowest BCUT2D eigenvalue weighted by molar-refractivity contribution is -0.139. The molecule has 8 nitrogen and oxygen atoms in total. The van der Waals surface area contributed by atoms with Gasteiger partial charge in [0.15, 0.2) is 11.8 Å². The predicted molar refractivity (Wildman–Crippen MR) is 121 cm³/mol. The number of likely N-dealkylation sites (N-methyl/N-ethyl adjacent to an activating group) is 1. The van der Waals surface area contributed by atoms with E-state index in [0.717, 1.165) is 4.47 Å². The van der Waals surface area contributed by atoms with Gasteiger partial charge in [-0.05, 0) is 67.2 Å². The number of thioether (sulfide) groups is 1. The highest BCUT2D eigenvalue weighted by atomic mass is 79.9. The average molecular weight is 505 g/mol. The maximum absolute atomic E-state index is 12.9. The molecule has 1 aliphatic rings. The van der Waals surface area contributed by atoms with Gasteiger partial charge in [0.2, 0.25) is 0 Å². The van der Waals surface area contributed by atoms with Crippen molar-refractivity contribution in [2.24, 2.45) is 4.99 Å². The normalized spacial score (nSPS) is 16.2. The molecular weight excluding hydrogens is 488 g/mol. The summed E-state index contributed by atoms with van der Waals surface area (Å²) in [5.41, 5.74) is 1.22. The van der Waals surface area contributed by atoms with Crippen LogP contribution in [0.1, 0.15) is 22.8 Å². The van der Waals surface area contributed by atoms with Gasteiger partial charge in [-0.1, -0.05) is 15.9 Å². The summed E-state index contributed by atoms with van der Waals surface area (Å²) in [5, 5.41) is 18.3. The quantitative estimate of drug-likeness (QED) is 0.541. The summed E-state index contributed by atoms with van der Waals surface area (Å²) >= 11 is 4.54. The van der Waals surface area contributed by atoms with E-state index in [0.29, 0.717) is 33.6 Å². The summed E-state index contributed by atoms with van der Waals surface area (Å²) in [7, 11) is 0. The first-order valence-electron chi connectivity index (χ1n) is 9.06. The maximum Gasteiger partial charge on any atom is 0.341 e. The second kappa shape index (κ2) is 9.80. The van der Waals surface area contributed by atoms with E-state index in [-0.39, 0.29) is 11.5 Å². The van der Waals surface area contributed by atoms with E-state index < -0.39 is 18.5 Å². The monoisotopic (exact) mass is 504 g/mol. The third-order valence-corrected chi connectivity index (χ3v) is 5.65. The van der Waals surface area contributed by atoms with E-state index in [2.05, 4.69) is 20.9 Å². The predicted octanol–water partition coefficient (Wildman–Crippen LogP) is 4.23. The number of rotatable bonds is 7. The van der Waals surface area contributed by atoms with Crippen LogP contribution < -0.4 is 4.74 Å². The smallest absolute Gasteiger partial charge is 0.341 e. The summed E-state index contributed by atoms with van der Waals surface area (Å²) in [4.78, 5) is 41.1. The Labute approximate surface area is 190 Å². The number of carboxylic acid groups (broad SMARTS) is 2. The van der Waals surface area contributed by atoms with Crippen LogP contribution >= 0.6 is 27.7 Å². The molecule has 2 aromatic carbocycles. The van der Waals surface area contributed by atoms with Gasteiger partial charge < -0.3 is 14.9 Å². The Morgan fingerprint density at radius 1 is 1.19 bits per heavy atom. The van der Waals surface area contributed by atoms with Crippen molar-refractivity contribution in [2.45, 2.75) is 6.92 Å². The second-order valence-electron chi connectivity index (χ2n) is 6.27. The standard InChI is InChI=1S/C21H17BrN2O6S/c1-2-24-19(27)17(10-13-9-14(22)5-8-16(13)30-11-18(25)26)31-21(24)23-15-6-3-12(4-7-15)20(28)29/h3-10H,2,11H2,1H3,(H,25,26)(H,28,29). The molecular formula is C21H17BrN2O6S. The number of benzene rings is 2. The van der Waals surface area contributed by atoms with Gasteiger partial charge in [0.1, 0.15) is 5.75 Å². The highest BCUT2D eigenvalue weighted by molar-refractivity contribution is 9.10. The first kappa shape index (κ1) is 22.6. The van der Waals surface area contributed by atoms with Gasteiger partial charge in [0.25, 0.3) is 5.91 Å². The fourth-order valence-corrected chi connectivity index (χ4v) is 4.14. The van der Waals surface area contributed by atoms with Crippen LogP contribution in [0.25, 0.3) is 6.08 Å². The van der Waals surface area contributed by atoms with Crippen LogP contribution in [0.4, 0.5) is 5.69 Å². The molecule has 0 radical (unpaired) electrons. The average Bonchev–Trinajstić information content (AvgIpc) is 3.01. The molecule has 1 aliphatic heterocycles. The zero-order valence-corrected chi connectivity index (χ0v) is 18.6. The molecule has 0 atom stereocenters. The lowest BCUT2D eigenvalue weighted by Gasteiger charge is -2.12. The Hall–Kier alpha value is -3.11. The number of aliphatic imine (C=N–C) groups is 1. The second-order valence-corrected chi connectivity index (χ2v) is 8.20. The number of carboxylic acids is 2. The summed E-state index contributed by atoms with van der Waals surface area (Å²) in [6.07, 6.45) is 1.63. The minimum atomic E-state index is -1.10. The maximum atomic E-state index is 12.9. The van der Waals surface area contributed by atoms with Crippen LogP contribution in [0.5, 0.6) is 5.75 Å². The van der Waals surface area contributed by atoms with Gasteiger partial charge in [0, 0.05) is 16.6 Å². The van der Waals surface area contributed by atoms with E-state index in [9.17, 15) is 14.4 Å². The zero-order chi connectivity index (χ0) is 22.5. The first-order valence-corrected chi connectivity index (χ1v) is 10.7. The number of aliphatic carboxylic acids is 1. The van der Waals surface area contributed by atoms with Crippen molar-refractivity contribution in [1.82, 2.24) is 4.90 Å². The highest BCUT2D eigenvalue weighted by Gasteiger charge is 2.32. The molecule has 31 heavy (non-hydrogen) atoms. The van der Waals surface area contributed by atoms with Gasteiger partial charge in [-0.2, -0.15) is 0 Å². The minimum Gasteiger partial charge on any atom is -0.481 e. The molecule has 1 fully saturated rings. The van der Waals surface area contributed by atoms with Crippen LogP contribution in [-0.2, 0) is 9.59 Å². The Bertz CT molecular complexity index is 1100. The number of amidine groups is 1. The number of hydrogen-bond acceptors (Lipinski definition) is 6. The molecule has 1 amide bonds. The van der Waals surface area contributed by atoms with Gasteiger partial charge in [-0.15, -0.1) is 0 Å². The van der Waals surface area contributed by atoms with Crippen molar-refractivity contribution >= 4 is 62.5 Å². The highest BCUT2D eigenvalue weighted by Crippen LogP contribution is 2.36.